The van der Waals surface area contributed by atoms with Crippen LogP contribution in [-0.2, 0) is 16.0 Å². The summed E-state index contributed by atoms with van der Waals surface area (Å²) in [5, 5.41) is 6.69. The average molecular weight is 480 g/mol. The zero-order valence-corrected chi connectivity index (χ0v) is 20.3. The number of hydrogen-bond acceptors (Lipinski definition) is 8. The lowest BCUT2D eigenvalue weighted by Crippen LogP contribution is -2.36. The predicted molar refractivity (Wildman–Crippen MR) is 136 cm³/mol. The molecule has 1 aromatic heterocycles. The maximum Gasteiger partial charge on any atom is 0.271 e. The minimum absolute atomic E-state index is 0.0281. The van der Waals surface area contributed by atoms with Gasteiger partial charge >= 0.3 is 0 Å². The summed E-state index contributed by atoms with van der Waals surface area (Å²) in [7, 11) is 0. The van der Waals surface area contributed by atoms with Gasteiger partial charge in [0.15, 0.2) is 17.3 Å². The molecule has 10 nitrogen and oxygen atoms in total. The maximum atomic E-state index is 12.2. The van der Waals surface area contributed by atoms with Crippen molar-refractivity contribution in [2.75, 3.05) is 54.9 Å². The van der Waals surface area contributed by atoms with Crippen LogP contribution in [0.5, 0.6) is 0 Å². The lowest BCUT2D eigenvalue weighted by molar-refractivity contribution is -0.125. The SMILES string of the molecule is C=CC(=O)N1CC[C@@H](Nc2nc(Nc3ccc(N4CCOCC4)cc3C)c(C(N)=O)nc2CC)C1. The van der Waals surface area contributed by atoms with Crippen molar-refractivity contribution in [3.05, 3.63) is 47.8 Å². The summed E-state index contributed by atoms with van der Waals surface area (Å²) in [5.41, 5.74) is 9.36. The van der Waals surface area contributed by atoms with E-state index in [2.05, 4.69) is 33.2 Å². The molecule has 1 aromatic carbocycles. The minimum atomic E-state index is -0.646. The Balaban J connectivity index is 1.58. The number of nitrogens with zero attached hydrogens (tertiary/aromatic N) is 4. The Morgan fingerprint density at radius 3 is 2.66 bits per heavy atom. The minimum Gasteiger partial charge on any atom is -0.378 e. The van der Waals surface area contributed by atoms with Gasteiger partial charge in [0.1, 0.15) is 0 Å². The van der Waals surface area contributed by atoms with Gasteiger partial charge < -0.3 is 30.9 Å². The van der Waals surface area contributed by atoms with E-state index < -0.39 is 5.91 Å². The normalized spacial score (nSPS) is 17.8. The predicted octanol–water partition coefficient (Wildman–Crippen LogP) is 2.23. The van der Waals surface area contributed by atoms with Gasteiger partial charge in [0, 0.05) is 43.6 Å². The number of aromatic nitrogens is 2. The summed E-state index contributed by atoms with van der Waals surface area (Å²) in [6.07, 6.45) is 2.69. The monoisotopic (exact) mass is 479 g/mol. The Labute approximate surface area is 205 Å². The molecule has 2 aromatic rings. The second-order valence-corrected chi connectivity index (χ2v) is 8.78. The van der Waals surface area contributed by atoms with Crippen LogP contribution in [-0.4, -0.2) is 72.1 Å². The van der Waals surface area contributed by atoms with Crippen LogP contribution < -0.4 is 21.3 Å². The topological polar surface area (TPSA) is 126 Å². The molecular formula is C25H33N7O3. The van der Waals surface area contributed by atoms with Gasteiger partial charge in [0.05, 0.1) is 18.9 Å². The lowest BCUT2D eigenvalue weighted by Gasteiger charge is -2.29. The molecule has 3 heterocycles. The number of aryl methyl sites for hydroxylation is 2. The summed E-state index contributed by atoms with van der Waals surface area (Å²) < 4.78 is 5.45. The van der Waals surface area contributed by atoms with Gasteiger partial charge in [-0.25, -0.2) is 9.97 Å². The average Bonchev–Trinajstić information content (AvgIpc) is 3.33. The largest absolute Gasteiger partial charge is 0.378 e. The van der Waals surface area contributed by atoms with E-state index in [-0.39, 0.29) is 17.6 Å². The number of carbonyl (C=O) groups is 2. The van der Waals surface area contributed by atoms with Crippen molar-refractivity contribution in [3.8, 4) is 0 Å². The number of morpholine rings is 1. The smallest absolute Gasteiger partial charge is 0.271 e. The zero-order chi connectivity index (χ0) is 24.9. The molecular weight excluding hydrogens is 446 g/mol. The molecule has 1 atom stereocenters. The highest BCUT2D eigenvalue weighted by atomic mass is 16.5. The highest BCUT2D eigenvalue weighted by Gasteiger charge is 2.27. The molecule has 2 fully saturated rings. The van der Waals surface area contributed by atoms with Crippen LogP contribution in [0, 0.1) is 6.92 Å². The van der Waals surface area contributed by atoms with E-state index in [0.29, 0.717) is 36.8 Å². The van der Waals surface area contributed by atoms with Crippen LogP contribution in [0.15, 0.2) is 30.9 Å². The molecule has 2 aliphatic rings. The Bertz CT molecular complexity index is 1110. The van der Waals surface area contributed by atoms with Gasteiger partial charge in [-0.15, -0.1) is 0 Å². The molecule has 0 aliphatic carbocycles. The van der Waals surface area contributed by atoms with Gasteiger partial charge in [0.2, 0.25) is 5.91 Å². The summed E-state index contributed by atoms with van der Waals surface area (Å²) in [6.45, 7) is 11.9. The first-order chi connectivity index (χ1) is 16.9. The number of carbonyl (C=O) groups excluding carboxylic acids is 2. The molecule has 2 saturated heterocycles. The Morgan fingerprint density at radius 1 is 1.23 bits per heavy atom. The standard InChI is InChI=1S/C25H33N7O3/c1-4-19-24(27-17-8-9-32(15-17)21(33)5-2)30-25(22(28-19)23(26)34)29-20-7-6-18(14-16(20)3)31-10-12-35-13-11-31/h5-7,14,17H,2,4,8-13,15H2,1,3H3,(H2,26,34)(H2,27,29,30)/t17-/m1/s1. The molecule has 2 amide bonds. The maximum absolute atomic E-state index is 12.2. The summed E-state index contributed by atoms with van der Waals surface area (Å²) in [6, 6.07) is 6.15. The Morgan fingerprint density at radius 2 is 2.00 bits per heavy atom. The van der Waals surface area contributed by atoms with Gasteiger partial charge in [-0.05, 0) is 49.6 Å². The fourth-order valence-corrected chi connectivity index (χ4v) is 4.43. The quantitative estimate of drug-likeness (QED) is 0.492. The molecule has 186 valence electrons. The number of rotatable bonds is 8. The number of primary amides is 1. The number of anilines is 4. The molecule has 0 spiro atoms. The summed E-state index contributed by atoms with van der Waals surface area (Å²) >= 11 is 0. The van der Waals surface area contributed by atoms with Crippen molar-refractivity contribution in [1.29, 1.82) is 0 Å². The van der Waals surface area contributed by atoms with E-state index in [0.717, 1.165) is 49.7 Å². The van der Waals surface area contributed by atoms with Crippen molar-refractivity contribution >= 4 is 34.8 Å². The van der Waals surface area contributed by atoms with Crippen LogP contribution in [0.4, 0.5) is 23.0 Å². The second kappa shape index (κ2) is 10.7. The number of nitrogens with one attached hydrogen (secondary N) is 2. The number of hydrogen-bond donors (Lipinski definition) is 3. The third-order valence-electron chi connectivity index (χ3n) is 6.39. The molecule has 4 N–H and O–H groups in total. The number of ether oxygens (including phenoxy) is 1. The lowest BCUT2D eigenvalue weighted by atomic mass is 10.1. The number of amides is 2. The first-order valence-corrected chi connectivity index (χ1v) is 12.0. The van der Waals surface area contributed by atoms with Crippen LogP contribution in [0.1, 0.15) is 35.1 Å². The molecule has 0 bridgehead atoms. The van der Waals surface area contributed by atoms with E-state index in [9.17, 15) is 9.59 Å². The Kier molecular flexibility index (Phi) is 7.50. The zero-order valence-electron chi connectivity index (χ0n) is 20.3. The van der Waals surface area contributed by atoms with Crippen molar-refractivity contribution in [1.82, 2.24) is 14.9 Å². The van der Waals surface area contributed by atoms with Gasteiger partial charge in [0.25, 0.3) is 5.91 Å². The summed E-state index contributed by atoms with van der Waals surface area (Å²) in [4.78, 5) is 37.5. The molecule has 35 heavy (non-hydrogen) atoms. The molecule has 0 unspecified atom stereocenters. The van der Waals surface area contributed by atoms with Gasteiger partial charge in [-0.1, -0.05) is 13.5 Å². The number of nitrogens with two attached hydrogens (primary N) is 1. The van der Waals surface area contributed by atoms with Crippen molar-refractivity contribution < 1.29 is 14.3 Å². The third kappa shape index (κ3) is 5.54. The van der Waals surface area contributed by atoms with Crippen molar-refractivity contribution in [2.45, 2.75) is 32.7 Å². The molecule has 2 aliphatic heterocycles. The highest BCUT2D eigenvalue weighted by Crippen LogP contribution is 2.28. The first-order valence-electron chi connectivity index (χ1n) is 12.0. The number of benzene rings is 1. The van der Waals surface area contributed by atoms with Gasteiger partial charge in [-0.3, -0.25) is 9.59 Å². The van der Waals surface area contributed by atoms with Crippen LogP contribution >= 0.6 is 0 Å². The van der Waals surface area contributed by atoms with E-state index in [1.165, 1.54) is 6.08 Å². The van der Waals surface area contributed by atoms with E-state index in [1.54, 1.807) is 4.90 Å². The highest BCUT2D eigenvalue weighted by molar-refractivity contribution is 5.96. The molecule has 0 saturated carbocycles. The van der Waals surface area contributed by atoms with Crippen molar-refractivity contribution in [3.63, 3.8) is 0 Å². The molecule has 10 heteroatoms. The van der Waals surface area contributed by atoms with Crippen LogP contribution in [0.25, 0.3) is 0 Å². The number of likely N-dealkylation sites (tertiary alicyclic amines) is 1. The van der Waals surface area contributed by atoms with E-state index >= 15 is 0 Å². The van der Waals surface area contributed by atoms with Gasteiger partial charge in [-0.2, -0.15) is 0 Å². The van der Waals surface area contributed by atoms with E-state index in [1.807, 2.05) is 26.0 Å². The fraction of sp³-hybridized carbons (Fsp3) is 0.440. The van der Waals surface area contributed by atoms with Crippen LogP contribution in [0.3, 0.4) is 0 Å². The first kappa shape index (κ1) is 24.5. The summed E-state index contributed by atoms with van der Waals surface area (Å²) in [5.74, 6) is 0.155. The molecule has 4 rings (SSSR count). The second-order valence-electron chi connectivity index (χ2n) is 8.78. The van der Waals surface area contributed by atoms with E-state index in [4.69, 9.17) is 15.5 Å². The third-order valence-corrected chi connectivity index (χ3v) is 6.39. The van der Waals surface area contributed by atoms with Crippen LogP contribution in [0.2, 0.25) is 0 Å². The van der Waals surface area contributed by atoms with Crippen molar-refractivity contribution in [2.24, 2.45) is 5.73 Å². The fourth-order valence-electron chi connectivity index (χ4n) is 4.43. The molecule has 0 radical (unpaired) electrons. The Hall–Kier alpha value is -3.66.